The summed E-state index contributed by atoms with van der Waals surface area (Å²) < 4.78 is 0. The van der Waals surface area contributed by atoms with Gasteiger partial charge < -0.3 is 5.32 Å². The zero-order chi connectivity index (χ0) is 16.4. The number of aromatic nitrogens is 1. The smallest absolute Gasteiger partial charge is 0.251 e. The van der Waals surface area contributed by atoms with Crippen LogP contribution in [0, 0.1) is 0 Å². The Morgan fingerprint density at radius 2 is 1.79 bits per heavy atom. The molecule has 0 atom stereocenters. The van der Waals surface area contributed by atoms with E-state index in [1.807, 2.05) is 36.4 Å². The number of rotatable bonds is 4. The second-order valence-corrected chi connectivity index (χ2v) is 6.03. The summed E-state index contributed by atoms with van der Waals surface area (Å²) in [5.41, 5.74) is 6.76. The van der Waals surface area contributed by atoms with Crippen molar-refractivity contribution in [3.63, 3.8) is 0 Å². The molecule has 1 heterocycles. The maximum atomic E-state index is 12.4. The number of nitrogens with one attached hydrogen (secondary N) is 1. The molecule has 4 rings (SSSR count). The predicted octanol–water partition coefficient (Wildman–Crippen LogP) is 3.63. The molecular formula is C21H18N2O. The molecule has 0 bridgehead atoms. The highest BCUT2D eigenvalue weighted by Crippen LogP contribution is 2.36. The molecule has 0 unspecified atom stereocenters. The van der Waals surface area contributed by atoms with Crippen LogP contribution in [0.2, 0.25) is 0 Å². The quantitative estimate of drug-likeness (QED) is 0.625. The Morgan fingerprint density at radius 1 is 0.958 bits per heavy atom. The zero-order valence-electron chi connectivity index (χ0n) is 13.3. The molecular weight excluding hydrogens is 296 g/mol. The van der Waals surface area contributed by atoms with Crippen LogP contribution in [0.1, 0.15) is 27.2 Å². The van der Waals surface area contributed by atoms with Gasteiger partial charge in [-0.25, -0.2) is 0 Å². The van der Waals surface area contributed by atoms with Gasteiger partial charge in [0, 0.05) is 30.4 Å². The number of nitrogens with zero attached hydrogens (tertiary/aromatic N) is 1. The lowest BCUT2D eigenvalue weighted by molar-refractivity contribution is 0.0954. The third-order valence-electron chi connectivity index (χ3n) is 4.45. The molecule has 1 aromatic heterocycles. The maximum Gasteiger partial charge on any atom is 0.251 e. The van der Waals surface area contributed by atoms with Gasteiger partial charge in [-0.05, 0) is 52.9 Å². The number of amides is 1. The zero-order valence-corrected chi connectivity index (χ0v) is 13.3. The molecule has 1 amide bonds. The average molecular weight is 314 g/mol. The maximum absolute atomic E-state index is 12.4. The third-order valence-corrected chi connectivity index (χ3v) is 4.45. The summed E-state index contributed by atoms with van der Waals surface area (Å²) in [7, 11) is 0. The van der Waals surface area contributed by atoms with Crippen LogP contribution in [0.15, 0.2) is 66.9 Å². The molecule has 3 nitrogen and oxygen atoms in total. The minimum atomic E-state index is -0.0295. The minimum Gasteiger partial charge on any atom is -0.352 e. The minimum absolute atomic E-state index is 0.0295. The molecule has 3 aromatic rings. The number of hydrogen-bond donors (Lipinski definition) is 1. The van der Waals surface area contributed by atoms with Crippen LogP contribution in [0.4, 0.5) is 0 Å². The van der Waals surface area contributed by atoms with Crippen molar-refractivity contribution in [3.05, 3.63) is 89.2 Å². The van der Waals surface area contributed by atoms with E-state index in [0.29, 0.717) is 12.1 Å². The van der Waals surface area contributed by atoms with Gasteiger partial charge in [0.25, 0.3) is 5.91 Å². The van der Waals surface area contributed by atoms with Crippen molar-refractivity contribution in [1.82, 2.24) is 10.3 Å². The highest BCUT2D eigenvalue weighted by molar-refractivity contribution is 5.96. The molecule has 0 radical (unpaired) electrons. The van der Waals surface area contributed by atoms with E-state index in [4.69, 9.17) is 0 Å². The monoisotopic (exact) mass is 314 g/mol. The highest BCUT2D eigenvalue weighted by Gasteiger charge is 2.19. The fourth-order valence-corrected chi connectivity index (χ4v) is 3.22. The molecule has 0 aliphatic heterocycles. The van der Waals surface area contributed by atoms with Crippen molar-refractivity contribution in [2.45, 2.75) is 12.8 Å². The van der Waals surface area contributed by atoms with E-state index >= 15 is 0 Å². The first-order chi connectivity index (χ1) is 11.8. The summed E-state index contributed by atoms with van der Waals surface area (Å²) in [4.78, 5) is 16.7. The highest BCUT2D eigenvalue weighted by atomic mass is 16.1. The van der Waals surface area contributed by atoms with Crippen LogP contribution in [-0.4, -0.2) is 17.4 Å². The van der Waals surface area contributed by atoms with Gasteiger partial charge in [-0.2, -0.15) is 0 Å². The van der Waals surface area contributed by atoms with E-state index in [0.717, 1.165) is 18.5 Å². The van der Waals surface area contributed by atoms with Gasteiger partial charge in [-0.3, -0.25) is 9.78 Å². The fraction of sp³-hybridized carbons (Fsp3) is 0.143. The van der Waals surface area contributed by atoms with Gasteiger partial charge >= 0.3 is 0 Å². The molecule has 2 aromatic carbocycles. The van der Waals surface area contributed by atoms with Crippen molar-refractivity contribution in [1.29, 1.82) is 0 Å². The van der Waals surface area contributed by atoms with Crippen LogP contribution in [0.5, 0.6) is 0 Å². The number of fused-ring (bicyclic) bond motifs is 3. The number of benzene rings is 2. The summed E-state index contributed by atoms with van der Waals surface area (Å²) in [6, 6.07) is 20.2. The fourth-order valence-electron chi connectivity index (χ4n) is 3.22. The molecule has 0 saturated carbocycles. The standard InChI is InChI=1S/C21H18N2O/c24-21(23-12-10-18-6-3-4-11-22-18)17-9-8-16-13-15-5-1-2-7-19(15)20(16)14-17/h1-9,11,14H,10,12-13H2,(H,23,24). The van der Waals surface area contributed by atoms with E-state index < -0.39 is 0 Å². The SMILES string of the molecule is O=C(NCCc1ccccn1)c1ccc2c(c1)-c1ccccc1C2. The first-order valence-electron chi connectivity index (χ1n) is 8.20. The normalized spacial score (nSPS) is 11.7. The summed E-state index contributed by atoms with van der Waals surface area (Å²) in [5, 5.41) is 2.98. The number of carbonyl (C=O) groups is 1. The molecule has 118 valence electrons. The third kappa shape index (κ3) is 2.81. The first kappa shape index (κ1) is 14.6. The number of hydrogen-bond acceptors (Lipinski definition) is 2. The Morgan fingerprint density at radius 3 is 2.67 bits per heavy atom. The predicted molar refractivity (Wildman–Crippen MR) is 95.0 cm³/mol. The lowest BCUT2D eigenvalue weighted by Gasteiger charge is -2.07. The molecule has 3 heteroatoms. The topological polar surface area (TPSA) is 42.0 Å². The molecule has 1 aliphatic rings. The van der Waals surface area contributed by atoms with Crippen LogP contribution >= 0.6 is 0 Å². The van der Waals surface area contributed by atoms with Crippen molar-refractivity contribution < 1.29 is 4.79 Å². The molecule has 24 heavy (non-hydrogen) atoms. The van der Waals surface area contributed by atoms with Crippen molar-refractivity contribution in [3.8, 4) is 11.1 Å². The summed E-state index contributed by atoms with van der Waals surface area (Å²) in [6.07, 6.45) is 3.46. The van der Waals surface area contributed by atoms with Crippen LogP contribution in [0.25, 0.3) is 11.1 Å². The Kier molecular flexibility index (Phi) is 3.83. The molecule has 0 fully saturated rings. The van der Waals surface area contributed by atoms with E-state index in [-0.39, 0.29) is 5.91 Å². The van der Waals surface area contributed by atoms with Crippen molar-refractivity contribution in [2.75, 3.05) is 6.54 Å². The van der Waals surface area contributed by atoms with Gasteiger partial charge in [-0.15, -0.1) is 0 Å². The van der Waals surface area contributed by atoms with Crippen molar-refractivity contribution >= 4 is 5.91 Å². The molecule has 1 N–H and O–H groups in total. The Balaban J connectivity index is 1.47. The largest absolute Gasteiger partial charge is 0.352 e. The molecule has 1 aliphatic carbocycles. The van der Waals surface area contributed by atoms with Gasteiger partial charge in [0.05, 0.1) is 0 Å². The Labute approximate surface area is 141 Å². The van der Waals surface area contributed by atoms with E-state index in [1.54, 1.807) is 6.20 Å². The summed E-state index contributed by atoms with van der Waals surface area (Å²) in [6.45, 7) is 0.587. The Bertz CT molecular complexity index is 887. The summed E-state index contributed by atoms with van der Waals surface area (Å²) >= 11 is 0. The van der Waals surface area contributed by atoms with Gasteiger partial charge in [0.1, 0.15) is 0 Å². The lowest BCUT2D eigenvalue weighted by atomic mass is 10.0. The van der Waals surface area contributed by atoms with Crippen LogP contribution in [0.3, 0.4) is 0 Å². The molecule has 0 spiro atoms. The van der Waals surface area contributed by atoms with Crippen LogP contribution < -0.4 is 5.32 Å². The van der Waals surface area contributed by atoms with Crippen LogP contribution in [-0.2, 0) is 12.8 Å². The van der Waals surface area contributed by atoms with Crippen molar-refractivity contribution in [2.24, 2.45) is 0 Å². The van der Waals surface area contributed by atoms with Gasteiger partial charge in [0.15, 0.2) is 0 Å². The average Bonchev–Trinajstić information content (AvgIpc) is 3.00. The van der Waals surface area contributed by atoms with E-state index in [1.165, 1.54) is 22.3 Å². The molecule has 0 saturated heterocycles. The summed E-state index contributed by atoms with van der Waals surface area (Å²) in [5.74, 6) is -0.0295. The Hall–Kier alpha value is -2.94. The number of pyridine rings is 1. The van der Waals surface area contributed by atoms with Gasteiger partial charge in [-0.1, -0.05) is 36.4 Å². The van der Waals surface area contributed by atoms with E-state index in [2.05, 4.69) is 34.6 Å². The lowest BCUT2D eigenvalue weighted by Crippen LogP contribution is -2.25. The second kappa shape index (κ2) is 6.28. The van der Waals surface area contributed by atoms with Gasteiger partial charge in [0.2, 0.25) is 0 Å². The second-order valence-electron chi connectivity index (χ2n) is 6.03. The number of carbonyl (C=O) groups excluding carboxylic acids is 1. The van der Waals surface area contributed by atoms with E-state index in [9.17, 15) is 4.79 Å². The first-order valence-corrected chi connectivity index (χ1v) is 8.20.